The molecule has 114 valence electrons. The molecule has 1 aliphatic carbocycles. The number of carboxylic acids is 1. The lowest BCUT2D eigenvalue weighted by molar-refractivity contribution is -0.140. The highest BCUT2D eigenvalue weighted by Gasteiger charge is 2.40. The number of amides is 1. The first-order valence-electron chi connectivity index (χ1n) is 7.30. The number of hydrogen-bond acceptors (Lipinski definition) is 3. The SMILES string of the molecule is CN(C(=O)c1ccc(N)cc1)C1(CC(=O)O)CCCCC1. The van der Waals surface area contributed by atoms with Crippen molar-refractivity contribution in [2.45, 2.75) is 44.1 Å². The summed E-state index contributed by atoms with van der Waals surface area (Å²) in [5.74, 6) is -0.994. The average molecular weight is 290 g/mol. The first-order chi connectivity index (χ1) is 9.94. The molecule has 0 bridgehead atoms. The minimum atomic E-state index is -0.853. The van der Waals surface area contributed by atoms with Gasteiger partial charge in [0.2, 0.25) is 0 Å². The van der Waals surface area contributed by atoms with E-state index in [0.29, 0.717) is 11.3 Å². The fraction of sp³-hybridized carbons (Fsp3) is 0.500. The minimum absolute atomic E-state index is 0.00418. The molecule has 5 heteroatoms. The molecule has 0 spiro atoms. The lowest BCUT2D eigenvalue weighted by Crippen LogP contribution is -2.52. The van der Waals surface area contributed by atoms with E-state index in [-0.39, 0.29) is 12.3 Å². The van der Waals surface area contributed by atoms with Gasteiger partial charge in [0.15, 0.2) is 0 Å². The van der Waals surface area contributed by atoms with Crippen LogP contribution in [0.15, 0.2) is 24.3 Å². The smallest absolute Gasteiger partial charge is 0.305 e. The quantitative estimate of drug-likeness (QED) is 0.835. The van der Waals surface area contributed by atoms with Crippen LogP contribution in [0.5, 0.6) is 0 Å². The van der Waals surface area contributed by atoms with Crippen molar-refractivity contribution in [2.75, 3.05) is 12.8 Å². The molecule has 3 N–H and O–H groups in total. The van der Waals surface area contributed by atoms with Gasteiger partial charge in [-0.1, -0.05) is 19.3 Å². The Hall–Kier alpha value is -2.04. The monoisotopic (exact) mass is 290 g/mol. The summed E-state index contributed by atoms with van der Waals surface area (Å²) in [4.78, 5) is 25.5. The van der Waals surface area contributed by atoms with E-state index in [1.54, 1.807) is 36.2 Å². The van der Waals surface area contributed by atoms with E-state index in [4.69, 9.17) is 5.73 Å². The number of nitrogens with zero attached hydrogens (tertiary/aromatic N) is 1. The molecule has 1 aromatic carbocycles. The fourth-order valence-corrected chi connectivity index (χ4v) is 3.16. The van der Waals surface area contributed by atoms with Crippen molar-refractivity contribution < 1.29 is 14.7 Å². The Morgan fingerprint density at radius 3 is 2.29 bits per heavy atom. The maximum Gasteiger partial charge on any atom is 0.305 e. The van der Waals surface area contributed by atoms with Gasteiger partial charge in [0, 0.05) is 18.3 Å². The summed E-state index contributed by atoms with van der Waals surface area (Å²) in [7, 11) is 1.72. The summed E-state index contributed by atoms with van der Waals surface area (Å²) >= 11 is 0. The third kappa shape index (κ3) is 3.35. The lowest BCUT2D eigenvalue weighted by Gasteiger charge is -2.44. The van der Waals surface area contributed by atoms with Crippen LogP contribution in [0.25, 0.3) is 0 Å². The van der Waals surface area contributed by atoms with Gasteiger partial charge in [0.1, 0.15) is 0 Å². The van der Waals surface area contributed by atoms with Crippen LogP contribution in [0.1, 0.15) is 48.9 Å². The predicted octanol–water partition coefficient (Wildman–Crippen LogP) is 2.52. The van der Waals surface area contributed by atoms with Gasteiger partial charge in [-0.05, 0) is 37.1 Å². The van der Waals surface area contributed by atoms with Crippen LogP contribution in [0.2, 0.25) is 0 Å². The lowest BCUT2D eigenvalue weighted by atomic mass is 9.78. The summed E-state index contributed by atoms with van der Waals surface area (Å²) in [6, 6.07) is 6.74. The standard InChI is InChI=1S/C16H22N2O3/c1-18(15(21)12-5-7-13(17)8-6-12)16(11-14(19)20)9-3-2-4-10-16/h5-8H,2-4,9-11,17H2,1H3,(H,19,20). The molecule has 0 radical (unpaired) electrons. The van der Waals surface area contributed by atoms with Gasteiger partial charge in [-0.3, -0.25) is 9.59 Å². The Balaban J connectivity index is 2.24. The normalized spacial score (nSPS) is 17.2. The molecule has 0 atom stereocenters. The Labute approximate surface area is 124 Å². The van der Waals surface area contributed by atoms with Crippen molar-refractivity contribution >= 4 is 17.6 Å². The number of anilines is 1. The molecule has 1 aromatic rings. The topological polar surface area (TPSA) is 83.6 Å². The van der Waals surface area contributed by atoms with Crippen LogP contribution in [0, 0.1) is 0 Å². The van der Waals surface area contributed by atoms with Gasteiger partial charge in [0.05, 0.1) is 12.0 Å². The zero-order chi connectivity index (χ0) is 15.5. The van der Waals surface area contributed by atoms with Crippen LogP contribution in [-0.2, 0) is 4.79 Å². The summed E-state index contributed by atoms with van der Waals surface area (Å²) in [6.07, 6.45) is 4.53. The zero-order valence-corrected chi connectivity index (χ0v) is 12.3. The van der Waals surface area contributed by atoms with Crippen molar-refractivity contribution in [3.63, 3.8) is 0 Å². The molecule has 1 amide bonds. The van der Waals surface area contributed by atoms with Crippen LogP contribution in [-0.4, -0.2) is 34.5 Å². The van der Waals surface area contributed by atoms with Crippen LogP contribution in [0.3, 0.4) is 0 Å². The van der Waals surface area contributed by atoms with Crippen LogP contribution < -0.4 is 5.73 Å². The van der Waals surface area contributed by atoms with Crippen LogP contribution in [0.4, 0.5) is 5.69 Å². The van der Waals surface area contributed by atoms with Crippen molar-refractivity contribution in [3.8, 4) is 0 Å². The van der Waals surface area contributed by atoms with E-state index >= 15 is 0 Å². The highest BCUT2D eigenvalue weighted by Crippen LogP contribution is 2.36. The third-order valence-electron chi connectivity index (χ3n) is 4.44. The molecule has 1 aliphatic rings. The van der Waals surface area contributed by atoms with Gasteiger partial charge in [-0.25, -0.2) is 0 Å². The average Bonchev–Trinajstić information content (AvgIpc) is 2.47. The second-order valence-corrected chi connectivity index (χ2v) is 5.84. The number of aliphatic carboxylic acids is 1. The molecular weight excluding hydrogens is 268 g/mol. The van der Waals surface area contributed by atoms with Crippen molar-refractivity contribution in [1.82, 2.24) is 4.90 Å². The van der Waals surface area contributed by atoms with E-state index in [9.17, 15) is 14.7 Å². The Kier molecular flexibility index (Phi) is 4.50. The van der Waals surface area contributed by atoms with E-state index in [1.807, 2.05) is 0 Å². The Morgan fingerprint density at radius 2 is 1.76 bits per heavy atom. The maximum atomic E-state index is 12.6. The molecule has 1 fully saturated rings. The predicted molar refractivity (Wildman–Crippen MR) is 81.0 cm³/mol. The highest BCUT2D eigenvalue weighted by atomic mass is 16.4. The molecule has 0 aromatic heterocycles. The summed E-state index contributed by atoms with van der Waals surface area (Å²) in [5, 5.41) is 9.21. The maximum absolute atomic E-state index is 12.6. The number of carbonyl (C=O) groups is 2. The Morgan fingerprint density at radius 1 is 1.19 bits per heavy atom. The first-order valence-corrected chi connectivity index (χ1v) is 7.30. The van der Waals surface area contributed by atoms with Crippen molar-refractivity contribution in [2.24, 2.45) is 0 Å². The van der Waals surface area contributed by atoms with E-state index in [0.717, 1.165) is 32.1 Å². The molecule has 0 unspecified atom stereocenters. The van der Waals surface area contributed by atoms with Gasteiger partial charge in [-0.2, -0.15) is 0 Å². The largest absolute Gasteiger partial charge is 0.481 e. The van der Waals surface area contributed by atoms with Gasteiger partial charge in [-0.15, -0.1) is 0 Å². The van der Waals surface area contributed by atoms with Gasteiger partial charge < -0.3 is 15.7 Å². The summed E-state index contributed by atoms with van der Waals surface area (Å²) in [5.41, 5.74) is 6.22. The van der Waals surface area contributed by atoms with E-state index in [2.05, 4.69) is 0 Å². The van der Waals surface area contributed by atoms with Crippen LogP contribution >= 0.6 is 0 Å². The molecule has 0 heterocycles. The summed E-state index contributed by atoms with van der Waals surface area (Å²) < 4.78 is 0. The Bertz CT molecular complexity index is 519. The molecule has 1 saturated carbocycles. The summed E-state index contributed by atoms with van der Waals surface area (Å²) in [6.45, 7) is 0. The third-order valence-corrected chi connectivity index (χ3v) is 4.44. The number of nitrogens with two attached hydrogens (primary N) is 1. The molecule has 0 aliphatic heterocycles. The molecular formula is C16H22N2O3. The second kappa shape index (κ2) is 6.16. The number of nitrogen functional groups attached to an aromatic ring is 1. The van der Waals surface area contributed by atoms with E-state index in [1.165, 1.54) is 0 Å². The molecule has 0 saturated heterocycles. The molecule has 5 nitrogen and oxygen atoms in total. The fourth-order valence-electron chi connectivity index (χ4n) is 3.16. The van der Waals surface area contributed by atoms with Gasteiger partial charge >= 0.3 is 5.97 Å². The first kappa shape index (κ1) is 15.4. The highest BCUT2D eigenvalue weighted by molar-refractivity contribution is 5.95. The van der Waals surface area contributed by atoms with Crippen molar-refractivity contribution in [3.05, 3.63) is 29.8 Å². The second-order valence-electron chi connectivity index (χ2n) is 5.84. The van der Waals surface area contributed by atoms with Gasteiger partial charge in [0.25, 0.3) is 5.91 Å². The number of rotatable bonds is 4. The van der Waals surface area contributed by atoms with E-state index < -0.39 is 11.5 Å². The number of carbonyl (C=O) groups excluding carboxylic acids is 1. The van der Waals surface area contributed by atoms with Crippen molar-refractivity contribution in [1.29, 1.82) is 0 Å². The zero-order valence-electron chi connectivity index (χ0n) is 12.3. The molecule has 2 rings (SSSR count). The minimum Gasteiger partial charge on any atom is -0.481 e. The number of benzene rings is 1. The molecule has 21 heavy (non-hydrogen) atoms. The number of carboxylic acid groups (broad SMARTS) is 1. The number of hydrogen-bond donors (Lipinski definition) is 2.